The highest BCUT2D eigenvalue weighted by Gasteiger charge is 2.37. The Morgan fingerprint density at radius 1 is 1.10 bits per heavy atom. The minimum absolute atomic E-state index is 0.0616. The van der Waals surface area contributed by atoms with E-state index in [1.165, 1.54) is 6.07 Å². The molecule has 1 heterocycles. The van der Waals surface area contributed by atoms with Gasteiger partial charge in [0, 0.05) is 23.7 Å². The number of nitrogen functional groups attached to an aromatic ring is 1. The summed E-state index contributed by atoms with van der Waals surface area (Å²) in [5.74, 6) is 0.242. The van der Waals surface area contributed by atoms with Gasteiger partial charge in [-0.15, -0.1) is 0 Å². The van der Waals surface area contributed by atoms with Crippen molar-refractivity contribution in [2.45, 2.75) is 19.1 Å². The van der Waals surface area contributed by atoms with Crippen LogP contribution in [0.3, 0.4) is 0 Å². The highest BCUT2D eigenvalue weighted by molar-refractivity contribution is 5.58. The second-order valence-corrected chi connectivity index (χ2v) is 5.39. The lowest BCUT2D eigenvalue weighted by Crippen LogP contribution is -2.28. The number of hydrogen-bond acceptors (Lipinski definition) is 5. The Balaban J connectivity index is 2.04. The molecule has 110 valence electrons. The first-order chi connectivity index (χ1) is 9.97. The number of phenolic OH excluding ortho intramolecular Hbond substituents is 2. The minimum Gasteiger partial charge on any atom is -0.508 e. The van der Waals surface area contributed by atoms with Gasteiger partial charge in [0.05, 0.1) is 11.7 Å². The van der Waals surface area contributed by atoms with Crippen LogP contribution in [0, 0.1) is 5.92 Å². The summed E-state index contributed by atoms with van der Waals surface area (Å²) in [5, 5.41) is 29.8. The third-order valence-corrected chi connectivity index (χ3v) is 3.89. The molecule has 0 aromatic heterocycles. The zero-order valence-electron chi connectivity index (χ0n) is 11.5. The predicted molar refractivity (Wildman–Crippen MR) is 78.1 cm³/mol. The summed E-state index contributed by atoms with van der Waals surface area (Å²) >= 11 is 0. The Kier molecular flexibility index (Phi) is 3.14. The van der Waals surface area contributed by atoms with E-state index in [9.17, 15) is 15.3 Å². The fraction of sp³-hybridized carbons (Fsp3) is 0.250. The van der Waals surface area contributed by atoms with Crippen LogP contribution in [0.1, 0.15) is 30.3 Å². The number of anilines is 1. The van der Waals surface area contributed by atoms with Crippen molar-refractivity contribution in [3.63, 3.8) is 0 Å². The lowest BCUT2D eigenvalue weighted by atomic mass is 9.85. The van der Waals surface area contributed by atoms with Crippen LogP contribution >= 0.6 is 0 Å². The molecule has 1 aliphatic rings. The molecule has 0 amide bonds. The molecule has 0 bridgehead atoms. The molecule has 3 unspecified atom stereocenters. The molecular formula is C16H17NO4. The van der Waals surface area contributed by atoms with Crippen LogP contribution in [-0.2, 0) is 0 Å². The molecule has 5 heteroatoms. The maximum atomic E-state index is 10.5. The molecule has 0 fully saturated rings. The van der Waals surface area contributed by atoms with Crippen LogP contribution in [-0.4, -0.2) is 15.3 Å². The third kappa shape index (κ3) is 2.25. The zero-order valence-corrected chi connectivity index (χ0v) is 11.5. The van der Waals surface area contributed by atoms with Gasteiger partial charge in [0.25, 0.3) is 0 Å². The van der Waals surface area contributed by atoms with Gasteiger partial charge >= 0.3 is 0 Å². The Bertz CT molecular complexity index is 669. The number of hydrogen-bond donors (Lipinski definition) is 4. The van der Waals surface area contributed by atoms with Gasteiger partial charge in [0.2, 0.25) is 0 Å². The van der Waals surface area contributed by atoms with Crippen LogP contribution in [0.5, 0.6) is 17.2 Å². The topological polar surface area (TPSA) is 95.9 Å². The molecule has 2 aromatic carbocycles. The van der Waals surface area contributed by atoms with Gasteiger partial charge in [-0.25, -0.2) is 0 Å². The SMILES string of the molecule is CC1C(O)c2c(O)cc(N)cc2OC1c1ccc(O)cc1. The van der Waals surface area contributed by atoms with Gasteiger partial charge in [-0.3, -0.25) is 0 Å². The molecule has 1 aliphatic heterocycles. The maximum absolute atomic E-state index is 10.5. The largest absolute Gasteiger partial charge is 0.508 e. The van der Waals surface area contributed by atoms with Crippen LogP contribution in [0.4, 0.5) is 5.69 Å². The van der Waals surface area contributed by atoms with Crippen molar-refractivity contribution in [2.24, 2.45) is 5.92 Å². The predicted octanol–water partition coefficient (Wildman–Crippen LogP) is 2.48. The summed E-state index contributed by atoms with van der Waals surface area (Å²) in [4.78, 5) is 0. The van der Waals surface area contributed by atoms with E-state index in [1.807, 2.05) is 6.92 Å². The van der Waals surface area contributed by atoms with E-state index < -0.39 is 6.10 Å². The summed E-state index contributed by atoms with van der Waals surface area (Å²) in [5.41, 5.74) is 7.29. The minimum atomic E-state index is -0.854. The average molecular weight is 287 g/mol. The molecule has 5 N–H and O–H groups in total. The lowest BCUT2D eigenvalue weighted by Gasteiger charge is -2.36. The van der Waals surface area contributed by atoms with E-state index in [0.29, 0.717) is 17.0 Å². The van der Waals surface area contributed by atoms with Gasteiger partial charge in [0.15, 0.2) is 0 Å². The molecule has 5 nitrogen and oxygen atoms in total. The zero-order chi connectivity index (χ0) is 15.1. The Morgan fingerprint density at radius 3 is 2.43 bits per heavy atom. The number of rotatable bonds is 1. The number of aromatic hydroxyl groups is 2. The standard InChI is InChI=1S/C16H17NO4/c1-8-15(20)14-12(19)6-10(17)7-13(14)21-16(8)9-2-4-11(18)5-3-9/h2-8,15-16,18-20H,17H2,1H3. The molecule has 0 saturated heterocycles. The third-order valence-electron chi connectivity index (χ3n) is 3.89. The van der Waals surface area contributed by atoms with E-state index in [1.54, 1.807) is 30.3 Å². The molecule has 3 atom stereocenters. The molecule has 0 spiro atoms. The first-order valence-electron chi connectivity index (χ1n) is 6.73. The number of ether oxygens (including phenoxy) is 1. The number of nitrogens with two attached hydrogens (primary N) is 1. The molecule has 0 aliphatic carbocycles. The maximum Gasteiger partial charge on any atom is 0.131 e. The molecule has 21 heavy (non-hydrogen) atoms. The fourth-order valence-electron chi connectivity index (χ4n) is 2.74. The van der Waals surface area contributed by atoms with Crippen LogP contribution in [0.25, 0.3) is 0 Å². The summed E-state index contributed by atoms with van der Waals surface area (Å²) in [6.07, 6.45) is -1.23. The molecular weight excluding hydrogens is 270 g/mol. The van der Waals surface area contributed by atoms with Gasteiger partial charge in [-0.1, -0.05) is 19.1 Å². The summed E-state index contributed by atoms with van der Waals surface area (Å²) in [6, 6.07) is 9.64. The number of aliphatic hydroxyl groups excluding tert-OH is 1. The van der Waals surface area contributed by atoms with Crippen molar-refractivity contribution in [1.82, 2.24) is 0 Å². The average Bonchev–Trinajstić information content (AvgIpc) is 2.43. The second-order valence-electron chi connectivity index (χ2n) is 5.39. The Morgan fingerprint density at radius 2 is 1.76 bits per heavy atom. The summed E-state index contributed by atoms with van der Waals surface area (Å²) < 4.78 is 5.92. The van der Waals surface area contributed by atoms with Crippen molar-refractivity contribution in [1.29, 1.82) is 0 Å². The lowest BCUT2D eigenvalue weighted by molar-refractivity contribution is 0.00599. The van der Waals surface area contributed by atoms with Crippen LogP contribution in [0.15, 0.2) is 36.4 Å². The van der Waals surface area contributed by atoms with Gasteiger partial charge in [-0.2, -0.15) is 0 Å². The Labute approximate surface area is 122 Å². The fourth-order valence-corrected chi connectivity index (χ4v) is 2.74. The van der Waals surface area contributed by atoms with Gasteiger partial charge < -0.3 is 25.8 Å². The summed E-state index contributed by atoms with van der Waals surface area (Å²) in [6.45, 7) is 1.85. The van der Waals surface area contributed by atoms with Crippen molar-refractivity contribution in [3.05, 3.63) is 47.5 Å². The molecule has 2 aromatic rings. The quantitative estimate of drug-likeness (QED) is 0.604. The number of benzene rings is 2. The van der Waals surface area contributed by atoms with E-state index in [4.69, 9.17) is 10.5 Å². The number of fused-ring (bicyclic) bond motifs is 1. The monoisotopic (exact) mass is 287 g/mol. The van der Waals surface area contributed by atoms with Crippen molar-refractivity contribution >= 4 is 5.69 Å². The van der Waals surface area contributed by atoms with E-state index in [-0.39, 0.29) is 23.5 Å². The van der Waals surface area contributed by atoms with Crippen LogP contribution < -0.4 is 10.5 Å². The smallest absolute Gasteiger partial charge is 0.131 e. The van der Waals surface area contributed by atoms with E-state index >= 15 is 0 Å². The highest BCUT2D eigenvalue weighted by Crippen LogP contribution is 2.48. The molecule has 0 radical (unpaired) electrons. The molecule has 3 rings (SSSR count). The molecule has 0 saturated carbocycles. The van der Waals surface area contributed by atoms with Crippen molar-refractivity contribution in [2.75, 3.05) is 5.73 Å². The first-order valence-corrected chi connectivity index (χ1v) is 6.73. The van der Waals surface area contributed by atoms with Crippen molar-refractivity contribution in [3.8, 4) is 17.2 Å². The number of aliphatic hydroxyl groups is 1. The number of phenols is 2. The highest BCUT2D eigenvalue weighted by atomic mass is 16.5. The summed E-state index contributed by atoms with van der Waals surface area (Å²) in [7, 11) is 0. The van der Waals surface area contributed by atoms with Crippen LogP contribution in [0.2, 0.25) is 0 Å². The second kappa shape index (κ2) is 4.86. The normalized spacial score (nSPS) is 24.2. The Hall–Kier alpha value is -2.40. The van der Waals surface area contributed by atoms with Gasteiger partial charge in [-0.05, 0) is 17.7 Å². The van der Waals surface area contributed by atoms with E-state index in [0.717, 1.165) is 5.56 Å². The first kappa shape index (κ1) is 13.6. The van der Waals surface area contributed by atoms with Crippen molar-refractivity contribution < 1.29 is 20.1 Å². The van der Waals surface area contributed by atoms with Gasteiger partial charge in [0.1, 0.15) is 23.4 Å². The van der Waals surface area contributed by atoms with E-state index in [2.05, 4.69) is 0 Å².